The van der Waals surface area contributed by atoms with Crippen molar-refractivity contribution in [3.8, 4) is 28.7 Å². The van der Waals surface area contributed by atoms with E-state index in [1.165, 1.54) is 21.3 Å². The van der Waals surface area contributed by atoms with Crippen molar-refractivity contribution in [2.24, 2.45) is 11.8 Å². The lowest BCUT2D eigenvalue weighted by atomic mass is 9.65. The molecular formula is C23H25F3O6. The smallest absolute Gasteiger partial charge is 0.389 e. The number of halogens is 3. The van der Waals surface area contributed by atoms with Crippen molar-refractivity contribution in [1.29, 1.82) is 0 Å². The van der Waals surface area contributed by atoms with Crippen molar-refractivity contribution >= 4 is 0 Å². The molecule has 1 aliphatic carbocycles. The zero-order valence-corrected chi connectivity index (χ0v) is 18.0. The van der Waals surface area contributed by atoms with E-state index in [4.69, 9.17) is 23.7 Å². The number of hydrogen-bond donors (Lipinski definition) is 1. The summed E-state index contributed by atoms with van der Waals surface area (Å²) in [6, 6.07) is 7.00. The molecule has 0 amide bonds. The summed E-state index contributed by atoms with van der Waals surface area (Å²) >= 11 is 0. The number of aliphatic hydroxyl groups is 1. The SMILES string of the molecule is COc1cc([C@@H]2c3cc4c(cc3CC(CC(F)(F)F)[C@@H]2CO)OCO4)cc(OC)c1OC. The maximum Gasteiger partial charge on any atom is 0.389 e. The molecule has 0 saturated heterocycles. The normalized spacial score (nSPS) is 21.8. The predicted octanol–water partition coefficient (Wildman–Crippen LogP) is 4.31. The molecule has 1 N–H and O–H groups in total. The van der Waals surface area contributed by atoms with E-state index in [-0.39, 0.29) is 13.2 Å². The third-order valence-electron chi connectivity index (χ3n) is 6.24. The second-order valence-corrected chi connectivity index (χ2v) is 7.97. The van der Waals surface area contributed by atoms with Crippen LogP contribution >= 0.6 is 0 Å². The molecule has 0 bridgehead atoms. The topological polar surface area (TPSA) is 66.4 Å². The molecule has 2 aliphatic rings. The van der Waals surface area contributed by atoms with Crippen molar-refractivity contribution in [2.45, 2.75) is 24.9 Å². The Morgan fingerprint density at radius 3 is 2.12 bits per heavy atom. The number of rotatable bonds is 6. The molecule has 32 heavy (non-hydrogen) atoms. The molecule has 1 heterocycles. The van der Waals surface area contributed by atoms with Gasteiger partial charge in [0, 0.05) is 18.9 Å². The highest BCUT2D eigenvalue weighted by Gasteiger charge is 2.44. The fraction of sp³-hybridized carbons (Fsp3) is 0.478. The Balaban J connectivity index is 1.90. The molecule has 0 aromatic heterocycles. The van der Waals surface area contributed by atoms with Gasteiger partial charge in [-0.3, -0.25) is 0 Å². The molecule has 2 aromatic carbocycles. The lowest BCUT2D eigenvalue weighted by molar-refractivity contribution is -0.150. The maximum absolute atomic E-state index is 13.4. The molecule has 9 heteroatoms. The van der Waals surface area contributed by atoms with E-state index in [1.807, 2.05) is 0 Å². The zero-order chi connectivity index (χ0) is 23.0. The molecule has 3 atom stereocenters. The minimum atomic E-state index is -4.36. The largest absolute Gasteiger partial charge is 0.493 e. The van der Waals surface area contributed by atoms with E-state index in [1.54, 1.807) is 24.3 Å². The second-order valence-electron chi connectivity index (χ2n) is 7.97. The Morgan fingerprint density at radius 2 is 1.59 bits per heavy atom. The van der Waals surface area contributed by atoms with E-state index < -0.39 is 37.0 Å². The van der Waals surface area contributed by atoms with Crippen LogP contribution in [0.25, 0.3) is 0 Å². The number of benzene rings is 2. The van der Waals surface area contributed by atoms with Gasteiger partial charge in [-0.2, -0.15) is 13.2 Å². The Morgan fingerprint density at radius 1 is 0.969 bits per heavy atom. The van der Waals surface area contributed by atoms with E-state index in [0.717, 1.165) is 11.1 Å². The molecule has 2 aromatic rings. The molecular weight excluding hydrogens is 429 g/mol. The van der Waals surface area contributed by atoms with Gasteiger partial charge in [-0.25, -0.2) is 0 Å². The van der Waals surface area contributed by atoms with Crippen molar-refractivity contribution < 1.29 is 42.0 Å². The Labute approximate surface area is 183 Å². The summed E-state index contributed by atoms with van der Waals surface area (Å²) in [4.78, 5) is 0. The number of methoxy groups -OCH3 is 3. The van der Waals surface area contributed by atoms with Gasteiger partial charge < -0.3 is 28.8 Å². The van der Waals surface area contributed by atoms with Crippen LogP contribution in [0.4, 0.5) is 13.2 Å². The number of ether oxygens (including phenoxy) is 5. The third-order valence-corrected chi connectivity index (χ3v) is 6.24. The van der Waals surface area contributed by atoms with Gasteiger partial charge in [0.25, 0.3) is 0 Å². The van der Waals surface area contributed by atoms with Gasteiger partial charge in [0.2, 0.25) is 12.5 Å². The Kier molecular flexibility index (Phi) is 6.03. The monoisotopic (exact) mass is 454 g/mol. The van der Waals surface area contributed by atoms with Crippen LogP contribution in [-0.2, 0) is 6.42 Å². The Bertz CT molecular complexity index is 965. The fourth-order valence-corrected chi connectivity index (χ4v) is 4.89. The number of alkyl halides is 3. The van der Waals surface area contributed by atoms with E-state index >= 15 is 0 Å². The van der Waals surface area contributed by atoms with Crippen LogP contribution in [-0.4, -0.2) is 46.0 Å². The standard InChI is InChI=1S/C23H25F3O6/c1-28-19-6-13(7-20(29-2)22(19)30-3)21-15-8-18-17(31-11-32-18)5-12(15)4-14(16(21)10-27)9-23(24,25)26/h5-8,14,16,21,27H,4,9-11H2,1-3H3/t14?,16-,21+/m0/s1. The van der Waals surface area contributed by atoms with Gasteiger partial charge in [0.15, 0.2) is 23.0 Å². The minimum absolute atomic E-state index is 0.0580. The van der Waals surface area contributed by atoms with Crippen molar-refractivity contribution in [2.75, 3.05) is 34.7 Å². The highest BCUT2D eigenvalue weighted by molar-refractivity contribution is 5.58. The number of hydrogen-bond acceptors (Lipinski definition) is 6. The zero-order valence-electron chi connectivity index (χ0n) is 18.0. The fourth-order valence-electron chi connectivity index (χ4n) is 4.89. The van der Waals surface area contributed by atoms with Gasteiger partial charge in [-0.15, -0.1) is 0 Å². The van der Waals surface area contributed by atoms with Crippen LogP contribution in [0.15, 0.2) is 24.3 Å². The molecule has 1 aliphatic heterocycles. The maximum atomic E-state index is 13.4. The van der Waals surface area contributed by atoms with Crippen LogP contribution < -0.4 is 23.7 Å². The summed E-state index contributed by atoms with van der Waals surface area (Å²) in [7, 11) is 4.43. The predicted molar refractivity (Wildman–Crippen MR) is 109 cm³/mol. The van der Waals surface area contributed by atoms with Crippen molar-refractivity contribution in [1.82, 2.24) is 0 Å². The molecule has 6 nitrogen and oxygen atoms in total. The average molecular weight is 454 g/mol. The van der Waals surface area contributed by atoms with Gasteiger partial charge >= 0.3 is 6.18 Å². The molecule has 1 unspecified atom stereocenters. The van der Waals surface area contributed by atoms with Gasteiger partial charge in [0.05, 0.1) is 21.3 Å². The summed E-state index contributed by atoms with van der Waals surface area (Å²) in [5.74, 6) is 0.182. The minimum Gasteiger partial charge on any atom is -0.493 e. The van der Waals surface area contributed by atoms with Gasteiger partial charge in [-0.05, 0) is 59.2 Å². The van der Waals surface area contributed by atoms with Gasteiger partial charge in [-0.1, -0.05) is 0 Å². The summed E-state index contributed by atoms with van der Waals surface area (Å²) in [5.41, 5.74) is 2.19. The van der Waals surface area contributed by atoms with E-state index in [0.29, 0.717) is 34.3 Å². The highest BCUT2D eigenvalue weighted by atomic mass is 19.4. The molecule has 0 fully saturated rings. The first-order chi connectivity index (χ1) is 15.3. The van der Waals surface area contributed by atoms with Crippen LogP contribution in [0.3, 0.4) is 0 Å². The van der Waals surface area contributed by atoms with Crippen LogP contribution in [0, 0.1) is 11.8 Å². The molecule has 0 radical (unpaired) electrons. The lowest BCUT2D eigenvalue weighted by Crippen LogP contribution is -2.35. The summed E-state index contributed by atoms with van der Waals surface area (Å²) < 4.78 is 67.5. The number of fused-ring (bicyclic) bond motifs is 2. The first-order valence-electron chi connectivity index (χ1n) is 10.2. The van der Waals surface area contributed by atoms with Crippen LogP contribution in [0.5, 0.6) is 28.7 Å². The van der Waals surface area contributed by atoms with Crippen LogP contribution in [0.1, 0.15) is 29.0 Å². The first kappa shape index (κ1) is 22.4. The Hall–Kier alpha value is -2.81. The third kappa shape index (κ3) is 4.01. The second kappa shape index (κ2) is 8.61. The summed E-state index contributed by atoms with van der Waals surface area (Å²) in [6.07, 6.45) is -5.17. The quantitative estimate of drug-likeness (QED) is 0.702. The van der Waals surface area contributed by atoms with Crippen LogP contribution in [0.2, 0.25) is 0 Å². The first-order valence-corrected chi connectivity index (χ1v) is 10.2. The van der Waals surface area contributed by atoms with Crippen molar-refractivity contribution in [3.63, 3.8) is 0 Å². The lowest BCUT2D eigenvalue weighted by Gasteiger charge is -2.40. The molecule has 174 valence electrons. The van der Waals surface area contributed by atoms with Gasteiger partial charge in [0.1, 0.15) is 0 Å². The summed E-state index contributed by atoms with van der Waals surface area (Å²) in [6.45, 7) is -0.349. The molecule has 4 rings (SSSR count). The number of aliphatic hydroxyl groups excluding tert-OH is 1. The van der Waals surface area contributed by atoms with E-state index in [9.17, 15) is 18.3 Å². The molecule has 0 spiro atoms. The van der Waals surface area contributed by atoms with E-state index in [2.05, 4.69) is 0 Å². The molecule has 0 saturated carbocycles. The highest BCUT2D eigenvalue weighted by Crippen LogP contribution is 2.52. The average Bonchev–Trinajstić information content (AvgIpc) is 3.21. The van der Waals surface area contributed by atoms with Crippen molar-refractivity contribution in [3.05, 3.63) is 41.0 Å². The summed E-state index contributed by atoms with van der Waals surface area (Å²) in [5, 5.41) is 10.3.